The fourth-order valence-corrected chi connectivity index (χ4v) is 1.53. The van der Waals surface area contributed by atoms with Crippen molar-refractivity contribution in [1.82, 2.24) is 5.32 Å². The molecule has 6 nitrogen and oxygen atoms in total. The van der Waals surface area contributed by atoms with Crippen molar-refractivity contribution in [1.29, 1.82) is 0 Å². The quantitative estimate of drug-likeness (QED) is 0.803. The maximum absolute atomic E-state index is 11.8. The smallest absolute Gasteiger partial charge is 0.335 e. The van der Waals surface area contributed by atoms with Gasteiger partial charge in [-0.3, -0.25) is 4.79 Å². The van der Waals surface area contributed by atoms with E-state index in [1.54, 1.807) is 0 Å². The summed E-state index contributed by atoms with van der Waals surface area (Å²) in [5, 5.41) is 11.8. The summed E-state index contributed by atoms with van der Waals surface area (Å²) < 4.78 is 10.4. The van der Waals surface area contributed by atoms with Crippen LogP contribution in [-0.2, 0) is 4.79 Å². The number of hydrogen-bond donors (Lipinski definition) is 2. The molecule has 1 rings (SSSR count). The predicted molar refractivity (Wildman–Crippen MR) is 77.9 cm³/mol. The molecule has 0 aliphatic heterocycles. The second kappa shape index (κ2) is 7.52. The van der Waals surface area contributed by atoms with E-state index in [4.69, 9.17) is 14.6 Å². The van der Waals surface area contributed by atoms with Crippen molar-refractivity contribution in [2.75, 3.05) is 13.7 Å². The lowest BCUT2D eigenvalue weighted by Gasteiger charge is -2.18. The minimum Gasteiger partial charge on any atom is -0.493 e. The van der Waals surface area contributed by atoms with Gasteiger partial charge in [0.1, 0.15) is 0 Å². The fraction of sp³-hybridized carbons (Fsp3) is 0.467. The van der Waals surface area contributed by atoms with Gasteiger partial charge < -0.3 is 19.9 Å². The molecule has 0 bridgehead atoms. The van der Waals surface area contributed by atoms with Crippen LogP contribution in [0.25, 0.3) is 0 Å². The molecule has 1 aromatic carbocycles. The SMILES string of the molecule is COc1ccc(C(=O)O)cc1OCC(=O)NC(C)C(C)C. The Balaban J connectivity index is 2.71. The summed E-state index contributed by atoms with van der Waals surface area (Å²) in [6.45, 7) is 5.72. The molecule has 1 amide bonds. The fourth-order valence-electron chi connectivity index (χ4n) is 1.53. The van der Waals surface area contributed by atoms with Gasteiger partial charge in [-0.15, -0.1) is 0 Å². The summed E-state index contributed by atoms with van der Waals surface area (Å²) >= 11 is 0. The Morgan fingerprint density at radius 2 is 1.90 bits per heavy atom. The Morgan fingerprint density at radius 3 is 2.43 bits per heavy atom. The molecule has 21 heavy (non-hydrogen) atoms. The molecule has 0 aliphatic carbocycles. The van der Waals surface area contributed by atoms with Crippen LogP contribution in [0.5, 0.6) is 11.5 Å². The number of nitrogens with one attached hydrogen (secondary N) is 1. The van der Waals surface area contributed by atoms with E-state index >= 15 is 0 Å². The van der Waals surface area contributed by atoms with Gasteiger partial charge in [-0.1, -0.05) is 13.8 Å². The van der Waals surface area contributed by atoms with E-state index in [9.17, 15) is 9.59 Å². The van der Waals surface area contributed by atoms with E-state index < -0.39 is 5.97 Å². The van der Waals surface area contributed by atoms with Crippen molar-refractivity contribution in [2.45, 2.75) is 26.8 Å². The number of carboxylic acids is 1. The van der Waals surface area contributed by atoms with Crippen LogP contribution in [0.1, 0.15) is 31.1 Å². The van der Waals surface area contributed by atoms with Crippen LogP contribution in [-0.4, -0.2) is 36.7 Å². The number of carboxylic acid groups (broad SMARTS) is 1. The summed E-state index contributed by atoms with van der Waals surface area (Å²) in [4.78, 5) is 22.7. The number of aromatic carboxylic acids is 1. The molecular formula is C15H21NO5. The molecule has 1 unspecified atom stereocenters. The molecule has 0 heterocycles. The van der Waals surface area contributed by atoms with E-state index in [1.807, 2.05) is 20.8 Å². The highest BCUT2D eigenvalue weighted by Gasteiger charge is 2.14. The summed E-state index contributed by atoms with van der Waals surface area (Å²) in [5.41, 5.74) is 0.0711. The monoisotopic (exact) mass is 295 g/mol. The van der Waals surface area contributed by atoms with Crippen LogP contribution < -0.4 is 14.8 Å². The molecular weight excluding hydrogens is 274 g/mol. The highest BCUT2D eigenvalue weighted by Crippen LogP contribution is 2.28. The molecule has 116 valence electrons. The van der Waals surface area contributed by atoms with E-state index in [0.717, 1.165) is 0 Å². The van der Waals surface area contributed by atoms with E-state index in [2.05, 4.69) is 5.32 Å². The van der Waals surface area contributed by atoms with Crippen LogP contribution in [0.15, 0.2) is 18.2 Å². The highest BCUT2D eigenvalue weighted by atomic mass is 16.5. The molecule has 0 aromatic heterocycles. The molecule has 0 fully saturated rings. The summed E-state index contributed by atoms with van der Waals surface area (Å²) in [6.07, 6.45) is 0. The average Bonchev–Trinajstić information content (AvgIpc) is 2.44. The van der Waals surface area contributed by atoms with Gasteiger partial charge in [0.15, 0.2) is 18.1 Å². The van der Waals surface area contributed by atoms with E-state index in [0.29, 0.717) is 11.7 Å². The normalized spacial score (nSPS) is 11.9. The molecule has 0 saturated carbocycles. The minimum atomic E-state index is -1.07. The average molecular weight is 295 g/mol. The maximum Gasteiger partial charge on any atom is 0.335 e. The topological polar surface area (TPSA) is 84.9 Å². The van der Waals surface area contributed by atoms with Crippen LogP contribution in [0.4, 0.5) is 0 Å². The Morgan fingerprint density at radius 1 is 1.24 bits per heavy atom. The van der Waals surface area contributed by atoms with Gasteiger partial charge in [0.25, 0.3) is 5.91 Å². The third-order valence-electron chi connectivity index (χ3n) is 3.16. The standard InChI is InChI=1S/C15H21NO5/c1-9(2)10(3)16-14(17)8-21-13-7-11(15(18)19)5-6-12(13)20-4/h5-7,9-10H,8H2,1-4H3,(H,16,17)(H,18,19). The lowest BCUT2D eigenvalue weighted by atomic mass is 10.1. The lowest BCUT2D eigenvalue weighted by molar-refractivity contribution is -0.124. The lowest BCUT2D eigenvalue weighted by Crippen LogP contribution is -2.38. The number of amides is 1. The van der Waals surface area contributed by atoms with Gasteiger partial charge >= 0.3 is 5.97 Å². The zero-order chi connectivity index (χ0) is 16.0. The van der Waals surface area contributed by atoms with Gasteiger partial charge in [-0.25, -0.2) is 4.79 Å². The molecule has 2 N–H and O–H groups in total. The number of carbonyl (C=O) groups excluding carboxylic acids is 1. The first-order valence-electron chi connectivity index (χ1n) is 6.68. The first-order valence-corrected chi connectivity index (χ1v) is 6.68. The van der Waals surface area contributed by atoms with Crippen molar-refractivity contribution in [3.63, 3.8) is 0 Å². The number of methoxy groups -OCH3 is 1. The first kappa shape index (κ1) is 16.8. The number of carbonyl (C=O) groups is 2. The van der Waals surface area contributed by atoms with Gasteiger partial charge in [0, 0.05) is 6.04 Å². The van der Waals surface area contributed by atoms with Crippen molar-refractivity contribution >= 4 is 11.9 Å². The third kappa shape index (κ3) is 4.98. The van der Waals surface area contributed by atoms with Gasteiger partial charge in [-0.05, 0) is 31.0 Å². The largest absolute Gasteiger partial charge is 0.493 e. The Labute approximate surface area is 124 Å². The summed E-state index contributed by atoms with van der Waals surface area (Å²) in [7, 11) is 1.45. The molecule has 0 radical (unpaired) electrons. The number of benzene rings is 1. The zero-order valence-corrected chi connectivity index (χ0v) is 12.7. The van der Waals surface area contributed by atoms with Crippen LogP contribution >= 0.6 is 0 Å². The second-order valence-electron chi connectivity index (χ2n) is 5.06. The summed E-state index contributed by atoms with van der Waals surface area (Å²) in [5.74, 6) is -0.410. The molecule has 0 saturated heterocycles. The first-order chi connectivity index (χ1) is 9.85. The molecule has 6 heteroatoms. The van der Waals surface area contributed by atoms with Gasteiger partial charge in [0.2, 0.25) is 0 Å². The van der Waals surface area contributed by atoms with Gasteiger partial charge in [-0.2, -0.15) is 0 Å². The molecule has 0 spiro atoms. The Hall–Kier alpha value is -2.24. The van der Waals surface area contributed by atoms with Crippen molar-refractivity contribution in [3.8, 4) is 11.5 Å². The minimum absolute atomic E-state index is 0.0355. The van der Waals surface area contributed by atoms with Crippen LogP contribution in [0.2, 0.25) is 0 Å². The van der Waals surface area contributed by atoms with Crippen molar-refractivity contribution in [2.24, 2.45) is 5.92 Å². The maximum atomic E-state index is 11.8. The second-order valence-corrected chi connectivity index (χ2v) is 5.06. The van der Waals surface area contributed by atoms with Crippen LogP contribution in [0.3, 0.4) is 0 Å². The summed E-state index contributed by atoms with van der Waals surface area (Å²) in [6, 6.07) is 4.27. The van der Waals surface area contributed by atoms with E-state index in [1.165, 1.54) is 25.3 Å². The van der Waals surface area contributed by atoms with E-state index in [-0.39, 0.29) is 29.9 Å². The molecule has 0 aliphatic rings. The van der Waals surface area contributed by atoms with Crippen molar-refractivity contribution in [3.05, 3.63) is 23.8 Å². The Kier molecular flexibility index (Phi) is 6.02. The van der Waals surface area contributed by atoms with Crippen molar-refractivity contribution < 1.29 is 24.2 Å². The molecule has 1 aromatic rings. The predicted octanol–water partition coefficient (Wildman–Crippen LogP) is 1.93. The number of rotatable bonds is 7. The third-order valence-corrected chi connectivity index (χ3v) is 3.16. The number of hydrogen-bond acceptors (Lipinski definition) is 4. The Bertz CT molecular complexity index is 513. The molecule has 1 atom stereocenters. The zero-order valence-electron chi connectivity index (χ0n) is 12.7. The number of ether oxygens (including phenoxy) is 2. The van der Waals surface area contributed by atoms with Gasteiger partial charge in [0.05, 0.1) is 12.7 Å². The van der Waals surface area contributed by atoms with Crippen LogP contribution in [0, 0.1) is 5.92 Å². The highest BCUT2D eigenvalue weighted by molar-refractivity contribution is 5.88.